The van der Waals surface area contributed by atoms with Crippen molar-refractivity contribution in [1.29, 1.82) is 0 Å². The molecule has 6 heteroatoms. The predicted molar refractivity (Wildman–Crippen MR) is 79.8 cm³/mol. The smallest absolute Gasteiger partial charge is 0.321 e. The van der Waals surface area contributed by atoms with E-state index in [9.17, 15) is 13.6 Å². The molecule has 116 valence electrons. The highest BCUT2D eigenvalue weighted by molar-refractivity contribution is 5.89. The Hall–Kier alpha value is -2.63. The minimum absolute atomic E-state index is 0.0358. The van der Waals surface area contributed by atoms with Gasteiger partial charge in [0.25, 0.3) is 0 Å². The molecule has 22 heavy (non-hydrogen) atoms. The van der Waals surface area contributed by atoms with Gasteiger partial charge in [0.15, 0.2) is 0 Å². The highest BCUT2D eigenvalue weighted by Gasteiger charge is 2.12. The van der Waals surface area contributed by atoms with Gasteiger partial charge < -0.3 is 15.0 Å². The van der Waals surface area contributed by atoms with Gasteiger partial charge in [-0.1, -0.05) is 6.07 Å². The van der Waals surface area contributed by atoms with Crippen LogP contribution in [0.1, 0.15) is 5.56 Å². The van der Waals surface area contributed by atoms with E-state index in [0.29, 0.717) is 11.4 Å². The zero-order chi connectivity index (χ0) is 16.1. The minimum Gasteiger partial charge on any atom is -0.497 e. The fraction of sp³-hybridized carbons (Fsp3) is 0.188. The van der Waals surface area contributed by atoms with Crippen molar-refractivity contribution in [2.45, 2.75) is 6.54 Å². The first kappa shape index (κ1) is 15.8. The SMILES string of the molecule is COc1ccc(NC(=O)N(C)Cc2ccc(F)cc2F)cc1. The molecule has 0 radical (unpaired) electrons. The van der Waals surface area contributed by atoms with Crippen LogP contribution >= 0.6 is 0 Å². The maximum absolute atomic E-state index is 13.6. The van der Waals surface area contributed by atoms with Crippen LogP contribution in [-0.2, 0) is 6.54 Å². The van der Waals surface area contributed by atoms with Crippen molar-refractivity contribution in [2.24, 2.45) is 0 Å². The summed E-state index contributed by atoms with van der Waals surface area (Å²) < 4.78 is 31.4. The molecule has 0 aliphatic heterocycles. The molecule has 0 saturated carbocycles. The van der Waals surface area contributed by atoms with E-state index < -0.39 is 17.7 Å². The topological polar surface area (TPSA) is 41.6 Å². The number of ether oxygens (including phenoxy) is 1. The second kappa shape index (κ2) is 6.89. The summed E-state index contributed by atoms with van der Waals surface area (Å²) >= 11 is 0. The Labute approximate surface area is 127 Å². The summed E-state index contributed by atoms with van der Waals surface area (Å²) in [6.07, 6.45) is 0. The highest BCUT2D eigenvalue weighted by Crippen LogP contribution is 2.16. The molecule has 0 aliphatic carbocycles. The summed E-state index contributed by atoms with van der Waals surface area (Å²) in [6, 6.07) is 9.71. The lowest BCUT2D eigenvalue weighted by Gasteiger charge is -2.18. The van der Waals surface area contributed by atoms with Crippen molar-refractivity contribution in [1.82, 2.24) is 4.90 Å². The maximum Gasteiger partial charge on any atom is 0.321 e. The predicted octanol–water partition coefficient (Wildman–Crippen LogP) is 3.64. The van der Waals surface area contributed by atoms with Crippen LogP contribution in [0.2, 0.25) is 0 Å². The number of rotatable bonds is 4. The monoisotopic (exact) mass is 306 g/mol. The third kappa shape index (κ3) is 3.94. The van der Waals surface area contributed by atoms with Crippen molar-refractivity contribution < 1.29 is 18.3 Å². The molecule has 0 heterocycles. The van der Waals surface area contributed by atoms with Gasteiger partial charge in [-0.3, -0.25) is 0 Å². The number of methoxy groups -OCH3 is 1. The summed E-state index contributed by atoms with van der Waals surface area (Å²) in [5, 5.41) is 2.68. The molecular weight excluding hydrogens is 290 g/mol. The fourth-order valence-corrected chi connectivity index (χ4v) is 1.87. The summed E-state index contributed by atoms with van der Waals surface area (Å²) in [5.41, 5.74) is 0.839. The number of amides is 2. The molecule has 1 N–H and O–H groups in total. The molecule has 0 aliphatic rings. The Kier molecular flexibility index (Phi) is 4.93. The van der Waals surface area contributed by atoms with E-state index in [-0.39, 0.29) is 12.1 Å². The van der Waals surface area contributed by atoms with Crippen LogP contribution in [0.5, 0.6) is 5.75 Å². The van der Waals surface area contributed by atoms with Crippen LogP contribution in [-0.4, -0.2) is 25.1 Å². The standard InChI is InChI=1S/C16H16F2N2O2/c1-20(10-11-3-4-12(17)9-15(11)18)16(21)19-13-5-7-14(22-2)8-6-13/h3-9H,10H2,1-2H3,(H,19,21). The van der Waals surface area contributed by atoms with E-state index in [2.05, 4.69) is 5.32 Å². The van der Waals surface area contributed by atoms with Crippen LogP contribution in [0.25, 0.3) is 0 Å². The van der Waals surface area contributed by atoms with E-state index in [1.807, 2.05) is 0 Å². The lowest BCUT2D eigenvalue weighted by atomic mass is 10.2. The van der Waals surface area contributed by atoms with Crippen molar-refractivity contribution in [2.75, 3.05) is 19.5 Å². The number of hydrogen-bond acceptors (Lipinski definition) is 2. The summed E-state index contributed by atoms with van der Waals surface area (Å²) in [7, 11) is 3.08. The van der Waals surface area contributed by atoms with Gasteiger partial charge in [0.05, 0.1) is 7.11 Å². The average molecular weight is 306 g/mol. The van der Waals surface area contributed by atoms with Gasteiger partial charge in [-0.15, -0.1) is 0 Å². The molecule has 0 unspecified atom stereocenters. The highest BCUT2D eigenvalue weighted by atomic mass is 19.1. The van der Waals surface area contributed by atoms with E-state index in [1.54, 1.807) is 31.4 Å². The third-order valence-electron chi connectivity index (χ3n) is 3.11. The Morgan fingerprint density at radius 2 is 1.86 bits per heavy atom. The van der Waals surface area contributed by atoms with Crippen molar-refractivity contribution in [3.8, 4) is 5.75 Å². The molecule has 2 amide bonds. The Balaban J connectivity index is 1.99. The van der Waals surface area contributed by atoms with Crippen molar-refractivity contribution >= 4 is 11.7 Å². The first-order valence-electron chi connectivity index (χ1n) is 6.59. The number of halogens is 2. The molecule has 0 bridgehead atoms. The quantitative estimate of drug-likeness (QED) is 0.937. The van der Waals surface area contributed by atoms with E-state index in [0.717, 1.165) is 12.1 Å². The van der Waals surface area contributed by atoms with Crippen LogP contribution in [0.4, 0.5) is 19.3 Å². The molecule has 0 atom stereocenters. The molecule has 0 aromatic heterocycles. The number of anilines is 1. The Morgan fingerprint density at radius 1 is 1.18 bits per heavy atom. The molecule has 2 rings (SSSR count). The molecule has 2 aromatic carbocycles. The zero-order valence-corrected chi connectivity index (χ0v) is 12.3. The van der Waals surface area contributed by atoms with Crippen LogP contribution < -0.4 is 10.1 Å². The Morgan fingerprint density at radius 3 is 2.45 bits per heavy atom. The van der Waals surface area contributed by atoms with Gasteiger partial charge in [0, 0.05) is 30.9 Å². The van der Waals surface area contributed by atoms with E-state index in [1.165, 1.54) is 18.0 Å². The average Bonchev–Trinajstić information content (AvgIpc) is 2.50. The van der Waals surface area contributed by atoms with Gasteiger partial charge in [-0.05, 0) is 30.3 Å². The number of carbonyl (C=O) groups excluding carboxylic acids is 1. The first-order chi connectivity index (χ1) is 10.5. The van der Waals surface area contributed by atoms with E-state index >= 15 is 0 Å². The van der Waals surface area contributed by atoms with Crippen LogP contribution in [0.3, 0.4) is 0 Å². The number of hydrogen-bond donors (Lipinski definition) is 1. The molecule has 2 aromatic rings. The molecular formula is C16H16F2N2O2. The van der Waals surface area contributed by atoms with Gasteiger partial charge >= 0.3 is 6.03 Å². The Bertz CT molecular complexity index is 660. The van der Waals surface area contributed by atoms with Crippen molar-refractivity contribution in [3.63, 3.8) is 0 Å². The summed E-state index contributed by atoms with van der Waals surface area (Å²) in [6.45, 7) is 0.0358. The van der Waals surface area contributed by atoms with Crippen LogP contribution in [0.15, 0.2) is 42.5 Å². The number of nitrogens with one attached hydrogen (secondary N) is 1. The molecule has 0 spiro atoms. The van der Waals surface area contributed by atoms with Gasteiger partial charge in [-0.2, -0.15) is 0 Å². The second-order valence-corrected chi connectivity index (χ2v) is 4.75. The van der Waals surface area contributed by atoms with E-state index in [4.69, 9.17) is 4.74 Å². The summed E-state index contributed by atoms with van der Waals surface area (Å²) in [4.78, 5) is 13.3. The van der Waals surface area contributed by atoms with Gasteiger partial charge in [0.1, 0.15) is 17.4 Å². The lowest BCUT2D eigenvalue weighted by Crippen LogP contribution is -2.31. The fourth-order valence-electron chi connectivity index (χ4n) is 1.87. The molecule has 0 saturated heterocycles. The largest absolute Gasteiger partial charge is 0.497 e. The van der Waals surface area contributed by atoms with Crippen LogP contribution in [0, 0.1) is 11.6 Å². The lowest BCUT2D eigenvalue weighted by molar-refractivity contribution is 0.220. The molecule has 0 fully saturated rings. The minimum atomic E-state index is -0.677. The number of benzene rings is 2. The first-order valence-corrected chi connectivity index (χ1v) is 6.59. The third-order valence-corrected chi connectivity index (χ3v) is 3.11. The van der Waals surface area contributed by atoms with Gasteiger partial charge in [-0.25, -0.2) is 13.6 Å². The van der Waals surface area contributed by atoms with Gasteiger partial charge in [0.2, 0.25) is 0 Å². The normalized spacial score (nSPS) is 10.2. The summed E-state index contributed by atoms with van der Waals surface area (Å²) in [5.74, 6) is -0.643. The zero-order valence-electron chi connectivity index (χ0n) is 12.3. The maximum atomic E-state index is 13.6. The second-order valence-electron chi connectivity index (χ2n) is 4.75. The molecule has 4 nitrogen and oxygen atoms in total. The van der Waals surface area contributed by atoms with Crippen molar-refractivity contribution in [3.05, 3.63) is 59.7 Å². The number of urea groups is 1. The number of nitrogens with zero attached hydrogens (tertiary/aromatic N) is 1. The number of carbonyl (C=O) groups is 1.